The van der Waals surface area contributed by atoms with Crippen LogP contribution >= 0.6 is 0 Å². The minimum absolute atomic E-state index is 0.154. The second kappa shape index (κ2) is 14.0. The largest absolute Gasteiger partial charge is 0.464 e. The monoisotopic (exact) mass is 429 g/mol. The van der Waals surface area contributed by atoms with E-state index in [9.17, 15) is 22.8 Å². The summed E-state index contributed by atoms with van der Waals surface area (Å²) in [5.74, 6) is -1.34. The molecule has 0 bridgehead atoms. The maximum atomic E-state index is 12.7. The zero-order valence-electron chi connectivity index (χ0n) is 18.0. The lowest BCUT2D eigenvalue weighted by atomic mass is 10.1. The van der Waals surface area contributed by atoms with E-state index in [0.717, 1.165) is 37.5 Å². The highest BCUT2D eigenvalue weighted by Gasteiger charge is 2.31. The van der Waals surface area contributed by atoms with Crippen molar-refractivity contribution >= 4 is 11.9 Å². The summed E-state index contributed by atoms with van der Waals surface area (Å²) in [6.45, 7) is 3.93. The number of nitrogens with one attached hydrogen (secondary N) is 1. The van der Waals surface area contributed by atoms with Crippen molar-refractivity contribution in [2.24, 2.45) is 0 Å². The molecule has 0 spiro atoms. The molecule has 0 saturated heterocycles. The molecule has 1 rings (SSSR count). The van der Waals surface area contributed by atoms with Crippen LogP contribution in [0.2, 0.25) is 0 Å². The molecule has 0 aromatic heterocycles. The fourth-order valence-electron chi connectivity index (χ4n) is 3.06. The fraction of sp³-hybridized carbons (Fsp3) is 0.652. The van der Waals surface area contributed by atoms with E-state index in [1.807, 2.05) is 0 Å². The molecule has 0 aliphatic rings. The van der Waals surface area contributed by atoms with Crippen LogP contribution in [0.3, 0.4) is 0 Å². The number of halogens is 3. The Labute approximate surface area is 177 Å². The molecular formula is C23H34F3NO3. The van der Waals surface area contributed by atoms with Crippen molar-refractivity contribution in [2.45, 2.75) is 90.3 Å². The first kappa shape index (κ1) is 26.0. The van der Waals surface area contributed by atoms with Gasteiger partial charge in [-0.3, -0.25) is 4.79 Å². The van der Waals surface area contributed by atoms with Crippen LogP contribution < -0.4 is 5.32 Å². The summed E-state index contributed by atoms with van der Waals surface area (Å²) >= 11 is 0. The van der Waals surface area contributed by atoms with Crippen molar-refractivity contribution in [3.05, 3.63) is 35.4 Å². The summed E-state index contributed by atoms with van der Waals surface area (Å²) < 4.78 is 43.4. The number of ether oxygens (including phenoxy) is 1. The minimum Gasteiger partial charge on any atom is -0.464 e. The summed E-state index contributed by atoms with van der Waals surface area (Å²) in [5.41, 5.74) is -1.06. The third-order valence-electron chi connectivity index (χ3n) is 4.90. The van der Waals surface area contributed by atoms with Gasteiger partial charge in [-0.15, -0.1) is 0 Å². The van der Waals surface area contributed by atoms with Crippen LogP contribution in [0.15, 0.2) is 24.3 Å². The smallest absolute Gasteiger partial charge is 0.416 e. The quantitative estimate of drug-likeness (QED) is 0.279. The summed E-state index contributed by atoms with van der Waals surface area (Å²) in [7, 11) is 0. The van der Waals surface area contributed by atoms with E-state index in [0.29, 0.717) is 0 Å². The van der Waals surface area contributed by atoms with Gasteiger partial charge in [-0.05, 0) is 31.5 Å². The molecule has 1 atom stereocenters. The molecule has 1 N–H and O–H groups in total. The van der Waals surface area contributed by atoms with Crippen LogP contribution in [0.1, 0.15) is 94.0 Å². The van der Waals surface area contributed by atoms with Gasteiger partial charge in [-0.1, -0.05) is 70.8 Å². The molecule has 0 radical (unpaired) electrons. The van der Waals surface area contributed by atoms with Gasteiger partial charge >= 0.3 is 12.1 Å². The predicted molar refractivity (Wildman–Crippen MR) is 111 cm³/mol. The average Bonchev–Trinajstić information content (AvgIpc) is 2.71. The maximum Gasteiger partial charge on any atom is 0.416 e. The Morgan fingerprint density at radius 1 is 0.967 bits per heavy atom. The van der Waals surface area contributed by atoms with Crippen LogP contribution in [0.5, 0.6) is 0 Å². The van der Waals surface area contributed by atoms with Crippen LogP contribution in [0, 0.1) is 0 Å². The normalized spacial score (nSPS) is 12.4. The molecule has 0 aliphatic carbocycles. The Bertz CT molecular complexity index is 647. The molecule has 1 aromatic carbocycles. The predicted octanol–water partition coefficient (Wildman–Crippen LogP) is 6.29. The van der Waals surface area contributed by atoms with Crippen LogP contribution in [-0.2, 0) is 15.7 Å². The average molecular weight is 430 g/mol. The number of benzene rings is 1. The van der Waals surface area contributed by atoms with E-state index < -0.39 is 29.7 Å². The lowest BCUT2D eigenvalue weighted by Crippen LogP contribution is -2.39. The first-order valence-corrected chi connectivity index (χ1v) is 10.9. The van der Waals surface area contributed by atoms with Crippen molar-refractivity contribution in [2.75, 3.05) is 6.61 Å². The molecule has 1 unspecified atom stereocenters. The molecule has 4 nitrogen and oxygen atoms in total. The molecule has 0 heterocycles. The molecule has 0 fully saturated rings. The summed E-state index contributed by atoms with van der Waals surface area (Å²) in [6, 6.07) is 3.14. The molecule has 1 aromatic rings. The number of carbonyl (C=O) groups is 2. The van der Waals surface area contributed by atoms with Gasteiger partial charge in [0.1, 0.15) is 6.04 Å². The second-order valence-corrected chi connectivity index (χ2v) is 7.62. The highest BCUT2D eigenvalue weighted by atomic mass is 19.4. The van der Waals surface area contributed by atoms with Crippen molar-refractivity contribution in [3.63, 3.8) is 0 Å². The number of alkyl halides is 3. The van der Waals surface area contributed by atoms with E-state index >= 15 is 0 Å². The van der Waals surface area contributed by atoms with Gasteiger partial charge in [0.15, 0.2) is 0 Å². The number of esters is 1. The first-order chi connectivity index (χ1) is 14.3. The van der Waals surface area contributed by atoms with E-state index in [2.05, 4.69) is 12.2 Å². The molecule has 7 heteroatoms. The zero-order chi connectivity index (χ0) is 22.4. The van der Waals surface area contributed by atoms with Gasteiger partial charge in [-0.2, -0.15) is 13.2 Å². The lowest BCUT2D eigenvalue weighted by molar-refractivity contribution is -0.145. The Morgan fingerprint density at radius 2 is 1.53 bits per heavy atom. The highest BCUT2D eigenvalue weighted by Crippen LogP contribution is 2.29. The van der Waals surface area contributed by atoms with Crippen molar-refractivity contribution in [1.82, 2.24) is 5.32 Å². The highest BCUT2D eigenvalue weighted by molar-refractivity contribution is 5.96. The third-order valence-corrected chi connectivity index (χ3v) is 4.90. The van der Waals surface area contributed by atoms with E-state index in [1.54, 1.807) is 0 Å². The number of carbonyl (C=O) groups excluding carboxylic acids is 2. The van der Waals surface area contributed by atoms with Crippen LogP contribution in [-0.4, -0.2) is 24.5 Å². The maximum absolute atomic E-state index is 12.7. The van der Waals surface area contributed by atoms with E-state index in [4.69, 9.17) is 4.74 Å². The Morgan fingerprint density at radius 3 is 2.10 bits per heavy atom. The minimum atomic E-state index is -4.53. The summed E-state index contributed by atoms with van der Waals surface area (Å²) in [5, 5.41) is 2.38. The second-order valence-electron chi connectivity index (χ2n) is 7.62. The molecule has 0 saturated carbocycles. The molecular weight excluding hydrogens is 395 g/mol. The van der Waals surface area contributed by atoms with Gasteiger partial charge < -0.3 is 10.1 Å². The number of unbranched alkanes of at least 4 members (excludes halogenated alkanes) is 9. The lowest BCUT2D eigenvalue weighted by Gasteiger charge is -2.14. The number of amides is 1. The molecule has 0 aliphatic heterocycles. The van der Waals surface area contributed by atoms with Crippen LogP contribution in [0.4, 0.5) is 13.2 Å². The standard InChI is InChI=1S/C23H34F3NO3/c1-3-4-5-6-7-8-9-10-11-12-16-30-22(29)18(2)27-21(28)19-14-13-15-20(17-19)23(24,25)26/h13-15,17-18H,3-12,16H2,1-2H3,(H,27,28). The Balaban J connectivity index is 2.20. The number of hydrogen-bond donors (Lipinski definition) is 1. The molecule has 30 heavy (non-hydrogen) atoms. The van der Waals surface area contributed by atoms with E-state index in [-0.39, 0.29) is 12.2 Å². The SMILES string of the molecule is CCCCCCCCCCCCOC(=O)C(C)NC(=O)c1cccc(C(F)(F)F)c1. The number of hydrogen-bond acceptors (Lipinski definition) is 3. The third kappa shape index (κ3) is 10.6. The van der Waals surface area contributed by atoms with Crippen molar-refractivity contribution < 1.29 is 27.5 Å². The van der Waals surface area contributed by atoms with Gasteiger partial charge in [0.2, 0.25) is 0 Å². The first-order valence-electron chi connectivity index (χ1n) is 10.9. The van der Waals surface area contributed by atoms with Crippen LogP contribution in [0.25, 0.3) is 0 Å². The summed E-state index contributed by atoms with van der Waals surface area (Å²) in [4.78, 5) is 24.1. The number of rotatable bonds is 14. The summed E-state index contributed by atoms with van der Waals surface area (Å²) in [6.07, 6.45) is 7.19. The molecule has 170 valence electrons. The van der Waals surface area contributed by atoms with Crippen molar-refractivity contribution in [1.29, 1.82) is 0 Å². The topological polar surface area (TPSA) is 55.4 Å². The van der Waals surface area contributed by atoms with Gasteiger partial charge in [0.05, 0.1) is 12.2 Å². The van der Waals surface area contributed by atoms with E-state index in [1.165, 1.54) is 57.9 Å². The van der Waals surface area contributed by atoms with Gasteiger partial charge in [0, 0.05) is 5.56 Å². The molecule has 1 amide bonds. The zero-order valence-corrected chi connectivity index (χ0v) is 18.0. The Kier molecular flexibility index (Phi) is 12.2. The van der Waals surface area contributed by atoms with Gasteiger partial charge in [0.25, 0.3) is 5.91 Å². The van der Waals surface area contributed by atoms with Crippen molar-refractivity contribution in [3.8, 4) is 0 Å². The van der Waals surface area contributed by atoms with Gasteiger partial charge in [-0.25, -0.2) is 4.79 Å². The fourth-order valence-corrected chi connectivity index (χ4v) is 3.06. The Hall–Kier alpha value is -2.05.